The molecule has 1 heterocycles. The molecule has 1 aliphatic rings. The van der Waals surface area contributed by atoms with Crippen molar-refractivity contribution >= 4 is 22.9 Å². The van der Waals surface area contributed by atoms with Crippen molar-refractivity contribution in [3.63, 3.8) is 0 Å². The number of hydrogen-bond donors (Lipinski definition) is 3. The maximum atomic E-state index is 9.23. The van der Waals surface area contributed by atoms with Gasteiger partial charge in [0.2, 0.25) is 0 Å². The lowest BCUT2D eigenvalue weighted by molar-refractivity contribution is 0.180. The summed E-state index contributed by atoms with van der Waals surface area (Å²) in [5.74, 6) is 0.793. The molecule has 3 N–H and O–H groups in total. The van der Waals surface area contributed by atoms with Gasteiger partial charge in [0.05, 0.1) is 12.6 Å². The second kappa shape index (κ2) is 7.29. The van der Waals surface area contributed by atoms with Gasteiger partial charge >= 0.3 is 0 Å². The van der Waals surface area contributed by atoms with Gasteiger partial charge in [-0.05, 0) is 12.0 Å². The number of guanidine groups is 1. The number of rotatable bonds is 3. The van der Waals surface area contributed by atoms with Crippen LogP contribution in [-0.2, 0) is 6.42 Å². The first-order valence-electron chi connectivity index (χ1n) is 5.59. The Morgan fingerprint density at radius 2 is 2.12 bits per heavy atom. The maximum absolute atomic E-state index is 9.23. The Kier molecular flexibility index (Phi) is 6.00. The zero-order valence-corrected chi connectivity index (χ0v) is 11.3. The number of aliphatic hydroxyl groups is 1. The molecule has 17 heavy (non-hydrogen) atoms. The second-order valence-electron chi connectivity index (χ2n) is 3.89. The van der Waals surface area contributed by atoms with Crippen LogP contribution in [0, 0.1) is 0 Å². The fourth-order valence-corrected chi connectivity index (χ4v) is 1.62. The number of halogens is 1. The van der Waals surface area contributed by atoms with Crippen LogP contribution in [0.3, 0.4) is 0 Å². The van der Waals surface area contributed by atoms with Crippen LogP contribution in [0.25, 0.3) is 0 Å². The van der Waals surface area contributed by atoms with E-state index in [1.54, 1.807) is 0 Å². The Labute approximate surface area is 112 Å². The second-order valence-corrected chi connectivity index (χ2v) is 3.89. The average Bonchev–Trinajstić information content (AvgIpc) is 2.33. The van der Waals surface area contributed by atoms with Crippen molar-refractivity contribution in [2.24, 2.45) is 4.99 Å². The van der Waals surface area contributed by atoms with Gasteiger partial charge in [0.15, 0.2) is 5.96 Å². The van der Waals surface area contributed by atoms with E-state index in [0.717, 1.165) is 18.9 Å². The molecule has 0 bridgehead atoms. The van der Waals surface area contributed by atoms with Crippen molar-refractivity contribution in [1.29, 1.82) is 0 Å². The summed E-state index contributed by atoms with van der Waals surface area (Å²) in [4.78, 5) is 4.19. The Bertz CT molecular complexity index is 356. The molecule has 0 fully saturated rings. The molecule has 0 aromatic heterocycles. The van der Waals surface area contributed by atoms with E-state index >= 15 is 0 Å². The van der Waals surface area contributed by atoms with Crippen molar-refractivity contribution in [2.75, 3.05) is 19.6 Å². The quantitative estimate of drug-likeness (QED) is 0.771. The van der Waals surface area contributed by atoms with Crippen LogP contribution in [0.15, 0.2) is 35.3 Å². The lowest BCUT2D eigenvalue weighted by Crippen LogP contribution is -2.46. The fourth-order valence-electron chi connectivity index (χ4n) is 1.62. The number of β-amino-alcohol motifs (C(OH)–C–C–N with tert-alkyl or cyclic N) is 1. The van der Waals surface area contributed by atoms with Crippen molar-refractivity contribution in [2.45, 2.75) is 12.5 Å². The van der Waals surface area contributed by atoms with Gasteiger partial charge < -0.3 is 15.7 Å². The van der Waals surface area contributed by atoms with E-state index in [1.807, 2.05) is 18.2 Å². The van der Waals surface area contributed by atoms with Crippen LogP contribution in [0.2, 0.25) is 0 Å². The molecular formula is C12H18BrN3O. The highest BCUT2D eigenvalue weighted by atomic mass is 79.9. The van der Waals surface area contributed by atoms with Gasteiger partial charge in [-0.1, -0.05) is 30.3 Å². The number of aliphatic imine (C=N–C) groups is 1. The highest BCUT2D eigenvalue weighted by Crippen LogP contribution is 1.98. The number of nitrogens with one attached hydrogen (secondary N) is 2. The molecule has 0 saturated heterocycles. The average molecular weight is 300 g/mol. The van der Waals surface area contributed by atoms with E-state index < -0.39 is 0 Å². The van der Waals surface area contributed by atoms with Gasteiger partial charge in [0.25, 0.3) is 0 Å². The third kappa shape index (κ3) is 4.75. The van der Waals surface area contributed by atoms with E-state index in [1.165, 1.54) is 5.56 Å². The monoisotopic (exact) mass is 299 g/mol. The maximum Gasteiger partial charge on any atom is 0.191 e. The zero-order chi connectivity index (χ0) is 11.2. The summed E-state index contributed by atoms with van der Waals surface area (Å²) in [6, 6.07) is 10.3. The highest BCUT2D eigenvalue weighted by molar-refractivity contribution is 8.93. The summed E-state index contributed by atoms with van der Waals surface area (Å²) in [7, 11) is 0. The smallest absolute Gasteiger partial charge is 0.191 e. The van der Waals surface area contributed by atoms with Crippen LogP contribution in [0.4, 0.5) is 0 Å². The van der Waals surface area contributed by atoms with Crippen LogP contribution >= 0.6 is 17.0 Å². The summed E-state index contributed by atoms with van der Waals surface area (Å²) in [5, 5.41) is 15.5. The van der Waals surface area contributed by atoms with Gasteiger partial charge in [0, 0.05) is 13.1 Å². The summed E-state index contributed by atoms with van der Waals surface area (Å²) in [6.45, 7) is 1.92. The Morgan fingerprint density at radius 3 is 2.76 bits per heavy atom. The minimum Gasteiger partial charge on any atom is -0.389 e. The van der Waals surface area contributed by atoms with Crippen LogP contribution < -0.4 is 10.6 Å². The Balaban J connectivity index is 0.00000144. The predicted octanol–water partition coefficient (Wildman–Crippen LogP) is 0.717. The molecule has 1 unspecified atom stereocenters. The van der Waals surface area contributed by atoms with E-state index in [-0.39, 0.29) is 23.1 Å². The van der Waals surface area contributed by atoms with Crippen molar-refractivity contribution < 1.29 is 5.11 Å². The van der Waals surface area contributed by atoms with Gasteiger partial charge in [-0.3, -0.25) is 4.99 Å². The van der Waals surface area contributed by atoms with Gasteiger partial charge in [-0.2, -0.15) is 0 Å². The van der Waals surface area contributed by atoms with E-state index in [9.17, 15) is 5.11 Å². The van der Waals surface area contributed by atoms with Crippen LogP contribution in [-0.4, -0.2) is 36.8 Å². The number of aliphatic hydroxyl groups excluding tert-OH is 1. The van der Waals surface area contributed by atoms with Crippen molar-refractivity contribution in [1.82, 2.24) is 10.6 Å². The molecule has 0 radical (unpaired) electrons. The highest BCUT2D eigenvalue weighted by Gasteiger charge is 2.10. The van der Waals surface area contributed by atoms with E-state index in [0.29, 0.717) is 13.1 Å². The Hall–Kier alpha value is -1.07. The minimum atomic E-state index is -0.348. The SMILES string of the molecule is Br.OC1CN=C(NCCc2ccccc2)NC1. The lowest BCUT2D eigenvalue weighted by atomic mass is 10.1. The van der Waals surface area contributed by atoms with Gasteiger partial charge in [-0.25, -0.2) is 0 Å². The van der Waals surface area contributed by atoms with E-state index in [2.05, 4.69) is 27.8 Å². The number of nitrogens with zero attached hydrogens (tertiary/aromatic N) is 1. The zero-order valence-electron chi connectivity index (χ0n) is 9.60. The molecule has 1 aromatic carbocycles. The van der Waals surface area contributed by atoms with Crippen LogP contribution in [0.5, 0.6) is 0 Å². The molecule has 4 nitrogen and oxygen atoms in total. The lowest BCUT2D eigenvalue weighted by Gasteiger charge is -2.19. The van der Waals surface area contributed by atoms with E-state index in [4.69, 9.17) is 0 Å². The normalized spacial score (nSPS) is 18.6. The standard InChI is InChI=1S/C12H17N3O.BrH/c16-11-8-14-12(15-9-11)13-7-6-10-4-2-1-3-5-10;/h1-5,11,16H,6-9H2,(H2,13,14,15);1H. The first-order chi connectivity index (χ1) is 7.84. The predicted molar refractivity (Wildman–Crippen MR) is 74.8 cm³/mol. The largest absolute Gasteiger partial charge is 0.389 e. The number of benzene rings is 1. The van der Waals surface area contributed by atoms with Crippen LogP contribution in [0.1, 0.15) is 5.56 Å². The summed E-state index contributed by atoms with van der Waals surface area (Å²) < 4.78 is 0. The van der Waals surface area contributed by atoms with Crippen molar-refractivity contribution in [3.8, 4) is 0 Å². The third-order valence-corrected chi connectivity index (χ3v) is 2.51. The first-order valence-corrected chi connectivity index (χ1v) is 5.59. The molecule has 1 aromatic rings. The molecule has 0 aliphatic carbocycles. The number of hydrogen-bond acceptors (Lipinski definition) is 4. The van der Waals surface area contributed by atoms with Gasteiger partial charge in [0.1, 0.15) is 0 Å². The van der Waals surface area contributed by atoms with Crippen molar-refractivity contribution in [3.05, 3.63) is 35.9 Å². The molecule has 0 amide bonds. The molecule has 94 valence electrons. The molecule has 1 atom stereocenters. The van der Waals surface area contributed by atoms with Gasteiger partial charge in [-0.15, -0.1) is 17.0 Å². The summed E-state index contributed by atoms with van der Waals surface area (Å²) >= 11 is 0. The topological polar surface area (TPSA) is 56.7 Å². The molecule has 5 heteroatoms. The fraction of sp³-hybridized carbons (Fsp3) is 0.417. The molecular weight excluding hydrogens is 282 g/mol. The Morgan fingerprint density at radius 1 is 1.35 bits per heavy atom. The first kappa shape index (κ1) is 14.0. The molecule has 1 aliphatic heterocycles. The minimum absolute atomic E-state index is 0. The summed E-state index contributed by atoms with van der Waals surface area (Å²) in [6.07, 6.45) is 0.629. The third-order valence-electron chi connectivity index (χ3n) is 2.51. The molecule has 0 saturated carbocycles. The molecule has 2 rings (SSSR count). The summed E-state index contributed by atoms with van der Waals surface area (Å²) in [5.41, 5.74) is 1.31. The molecule has 0 spiro atoms.